The molecule has 1 aromatic rings. The fourth-order valence-electron chi connectivity index (χ4n) is 2.31. The average Bonchev–Trinajstić information content (AvgIpc) is 2.55. The Morgan fingerprint density at radius 3 is 2.12 bits per heavy atom. The molecule has 0 radical (unpaired) electrons. The number of carbonyl (C=O) groups excluding carboxylic acids is 2. The van der Waals surface area contributed by atoms with Crippen LogP contribution in [0.3, 0.4) is 0 Å². The Labute approximate surface area is 143 Å². The maximum atomic E-state index is 11.9. The van der Waals surface area contributed by atoms with Gasteiger partial charge in [0.05, 0.1) is 30.7 Å². The van der Waals surface area contributed by atoms with Crippen LogP contribution in [0.25, 0.3) is 0 Å². The number of benzene rings is 1. The molecular formula is C18H26N2O4. The van der Waals surface area contributed by atoms with Gasteiger partial charge < -0.3 is 14.5 Å². The molecule has 0 amide bonds. The van der Waals surface area contributed by atoms with Crippen molar-refractivity contribution in [2.45, 2.75) is 27.7 Å². The predicted molar refractivity (Wildman–Crippen MR) is 91.7 cm³/mol. The van der Waals surface area contributed by atoms with Gasteiger partial charge in [0, 0.05) is 18.8 Å². The van der Waals surface area contributed by atoms with Gasteiger partial charge in [-0.05, 0) is 52.0 Å². The second-order valence-corrected chi connectivity index (χ2v) is 6.81. The molecule has 0 atom stereocenters. The molecule has 1 aliphatic heterocycles. The van der Waals surface area contributed by atoms with Gasteiger partial charge in [-0.15, -0.1) is 5.06 Å². The van der Waals surface area contributed by atoms with Gasteiger partial charge in [0.1, 0.15) is 0 Å². The zero-order valence-corrected chi connectivity index (χ0v) is 14.9. The van der Waals surface area contributed by atoms with Gasteiger partial charge in [-0.3, -0.25) is 0 Å². The first-order valence-corrected chi connectivity index (χ1v) is 8.30. The van der Waals surface area contributed by atoms with Crippen molar-refractivity contribution in [3.8, 4) is 0 Å². The van der Waals surface area contributed by atoms with Crippen molar-refractivity contribution in [1.29, 1.82) is 0 Å². The van der Waals surface area contributed by atoms with Crippen LogP contribution >= 0.6 is 0 Å². The summed E-state index contributed by atoms with van der Waals surface area (Å²) in [6.45, 7) is 10.5. The summed E-state index contributed by atoms with van der Waals surface area (Å²) in [7, 11) is 0. The predicted octanol–water partition coefficient (Wildman–Crippen LogP) is 2.49. The van der Waals surface area contributed by atoms with E-state index < -0.39 is 5.41 Å². The van der Waals surface area contributed by atoms with Crippen LogP contribution in [0, 0.1) is 5.41 Å². The molecule has 132 valence electrons. The van der Waals surface area contributed by atoms with E-state index in [0.29, 0.717) is 25.3 Å². The summed E-state index contributed by atoms with van der Waals surface area (Å²) in [4.78, 5) is 31.2. The van der Waals surface area contributed by atoms with E-state index in [1.54, 1.807) is 24.1 Å². The Balaban J connectivity index is 1.88. The molecule has 0 aliphatic carbocycles. The highest BCUT2D eigenvalue weighted by atomic mass is 16.7. The van der Waals surface area contributed by atoms with Crippen molar-refractivity contribution in [3.05, 3.63) is 29.8 Å². The average molecular weight is 334 g/mol. The maximum absolute atomic E-state index is 11.9. The Bertz CT molecular complexity index is 570. The molecule has 0 bridgehead atoms. The second kappa shape index (κ2) is 7.66. The van der Waals surface area contributed by atoms with Crippen LogP contribution in [-0.4, -0.2) is 49.8 Å². The summed E-state index contributed by atoms with van der Waals surface area (Å²) >= 11 is 0. The standard InChI is InChI=1S/C18H26N2O4/c1-5-23-16(21)14-6-8-15(9-7-14)19-10-12-20(13-11-19)24-17(22)18(2,3)4/h6-9H,5,10-13H2,1-4H3. The number of hydrogen-bond acceptors (Lipinski definition) is 6. The number of hydroxylamine groups is 2. The molecule has 1 aromatic carbocycles. The lowest BCUT2D eigenvalue weighted by molar-refractivity contribution is -0.201. The Kier molecular flexibility index (Phi) is 5.83. The smallest absolute Gasteiger partial charge is 0.338 e. The first-order valence-electron chi connectivity index (χ1n) is 8.30. The van der Waals surface area contributed by atoms with Crippen molar-refractivity contribution in [3.63, 3.8) is 0 Å². The van der Waals surface area contributed by atoms with Crippen LogP contribution in [0.5, 0.6) is 0 Å². The maximum Gasteiger partial charge on any atom is 0.338 e. The summed E-state index contributed by atoms with van der Waals surface area (Å²) in [6.07, 6.45) is 0. The number of anilines is 1. The van der Waals surface area contributed by atoms with E-state index in [4.69, 9.17) is 9.57 Å². The van der Waals surface area contributed by atoms with Crippen molar-refractivity contribution >= 4 is 17.6 Å². The second-order valence-electron chi connectivity index (χ2n) is 6.81. The third-order valence-corrected chi connectivity index (χ3v) is 3.81. The molecule has 0 unspecified atom stereocenters. The van der Waals surface area contributed by atoms with Crippen LogP contribution in [0.15, 0.2) is 24.3 Å². The number of nitrogens with zero attached hydrogens (tertiary/aromatic N) is 2. The van der Waals surface area contributed by atoms with Gasteiger partial charge in [0.25, 0.3) is 0 Å². The number of esters is 1. The van der Waals surface area contributed by atoms with Crippen LogP contribution in [0.2, 0.25) is 0 Å². The zero-order valence-electron chi connectivity index (χ0n) is 14.9. The summed E-state index contributed by atoms with van der Waals surface area (Å²) in [5.74, 6) is -0.516. The van der Waals surface area contributed by atoms with Crippen LogP contribution < -0.4 is 4.90 Å². The topological polar surface area (TPSA) is 59.1 Å². The van der Waals surface area contributed by atoms with Crippen molar-refractivity contribution in [1.82, 2.24) is 5.06 Å². The van der Waals surface area contributed by atoms with E-state index in [2.05, 4.69) is 4.90 Å². The zero-order chi connectivity index (χ0) is 17.7. The normalized spacial score (nSPS) is 15.9. The first-order chi connectivity index (χ1) is 11.3. The molecule has 1 fully saturated rings. The third-order valence-electron chi connectivity index (χ3n) is 3.81. The molecule has 0 aromatic heterocycles. The van der Waals surface area contributed by atoms with Crippen LogP contribution in [0.1, 0.15) is 38.1 Å². The minimum atomic E-state index is -0.500. The van der Waals surface area contributed by atoms with E-state index in [1.165, 1.54) is 0 Å². The van der Waals surface area contributed by atoms with Gasteiger partial charge >= 0.3 is 11.9 Å². The minimum Gasteiger partial charge on any atom is -0.462 e. The molecule has 2 rings (SSSR count). The lowest BCUT2D eigenvalue weighted by Gasteiger charge is -2.35. The minimum absolute atomic E-state index is 0.213. The number of ether oxygens (including phenoxy) is 1. The molecule has 0 N–H and O–H groups in total. The summed E-state index contributed by atoms with van der Waals surface area (Å²) in [5.41, 5.74) is 1.10. The van der Waals surface area contributed by atoms with E-state index >= 15 is 0 Å². The molecule has 6 heteroatoms. The monoisotopic (exact) mass is 334 g/mol. The molecule has 6 nitrogen and oxygen atoms in total. The molecule has 1 heterocycles. The fourth-order valence-corrected chi connectivity index (χ4v) is 2.31. The summed E-state index contributed by atoms with van der Waals surface area (Å²) in [6, 6.07) is 7.39. The molecule has 1 saturated heterocycles. The number of piperazine rings is 1. The van der Waals surface area contributed by atoms with Crippen molar-refractivity contribution < 1.29 is 19.2 Å². The van der Waals surface area contributed by atoms with E-state index in [0.717, 1.165) is 18.8 Å². The molecule has 0 spiro atoms. The Morgan fingerprint density at radius 1 is 1.04 bits per heavy atom. The number of carbonyl (C=O) groups is 2. The quantitative estimate of drug-likeness (QED) is 0.789. The van der Waals surface area contributed by atoms with Crippen molar-refractivity contribution in [2.24, 2.45) is 5.41 Å². The van der Waals surface area contributed by atoms with Crippen LogP contribution in [0.4, 0.5) is 5.69 Å². The Morgan fingerprint density at radius 2 is 1.62 bits per heavy atom. The fraction of sp³-hybridized carbons (Fsp3) is 0.556. The number of hydrogen-bond donors (Lipinski definition) is 0. The lowest BCUT2D eigenvalue weighted by Crippen LogP contribution is -2.48. The van der Waals surface area contributed by atoms with Crippen LogP contribution in [-0.2, 0) is 14.4 Å². The van der Waals surface area contributed by atoms with E-state index in [9.17, 15) is 9.59 Å². The van der Waals surface area contributed by atoms with E-state index in [1.807, 2.05) is 32.9 Å². The largest absolute Gasteiger partial charge is 0.462 e. The van der Waals surface area contributed by atoms with Gasteiger partial charge in [-0.25, -0.2) is 9.59 Å². The highest BCUT2D eigenvalue weighted by Gasteiger charge is 2.27. The van der Waals surface area contributed by atoms with Gasteiger partial charge in [0.15, 0.2) is 0 Å². The SMILES string of the molecule is CCOC(=O)c1ccc(N2CCN(OC(=O)C(C)(C)C)CC2)cc1. The first kappa shape index (κ1) is 18.3. The van der Waals surface area contributed by atoms with Gasteiger partial charge in [0.2, 0.25) is 0 Å². The highest BCUT2D eigenvalue weighted by molar-refractivity contribution is 5.89. The third kappa shape index (κ3) is 4.71. The molecule has 0 saturated carbocycles. The molecule has 1 aliphatic rings. The van der Waals surface area contributed by atoms with Gasteiger partial charge in [-0.2, -0.15) is 0 Å². The molecule has 24 heavy (non-hydrogen) atoms. The highest BCUT2D eigenvalue weighted by Crippen LogP contribution is 2.20. The van der Waals surface area contributed by atoms with Gasteiger partial charge in [-0.1, -0.05) is 0 Å². The van der Waals surface area contributed by atoms with Crippen molar-refractivity contribution in [2.75, 3.05) is 37.7 Å². The lowest BCUT2D eigenvalue weighted by atomic mass is 9.98. The van der Waals surface area contributed by atoms with E-state index in [-0.39, 0.29) is 11.9 Å². The summed E-state index contributed by atoms with van der Waals surface area (Å²) < 4.78 is 4.98. The Hall–Kier alpha value is -2.08. The number of rotatable bonds is 4. The summed E-state index contributed by atoms with van der Waals surface area (Å²) in [5, 5.41) is 1.72. The molecular weight excluding hydrogens is 308 g/mol.